The molecule has 136 valence electrons. The van der Waals surface area contributed by atoms with Gasteiger partial charge in [0.05, 0.1) is 25.4 Å². The second-order valence-corrected chi connectivity index (χ2v) is 5.61. The topological polar surface area (TPSA) is 96.2 Å². The van der Waals surface area contributed by atoms with Crippen molar-refractivity contribution in [3.63, 3.8) is 0 Å². The molecule has 0 radical (unpaired) electrons. The number of rotatable bonds is 14. The SMILES string of the molecule is C=CC(=O)OC(CO)C(CCCC)OC(CCCC)C(O)CO. The quantitative estimate of drug-likeness (QED) is 0.330. The van der Waals surface area contributed by atoms with Gasteiger partial charge in [-0.15, -0.1) is 0 Å². The number of hydrogen-bond donors (Lipinski definition) is 3. The molecule has 4 atom stereocenters. The van der Waals surface area contributed by atoms with Crippen molar-refractivity contribution in [2.24, 2.45) is 0 Å². The van der Waals surface area contributed by atoms with E-state index in [1.54, 1.807) is 0 Å². The lowest BCUT2D eigenvalue weighted by Crippen LogP contribution is -2.43. The van der Waals surface area contributed by atoms with Crippen LogP contribution in [-0.2, 0) is 14.3 Å². The number of esters is 1. The van der Waals surface area contributed by atoms with Crippen LogP contribution in [0, 0.1) is 0 Å². The first kappa shape index (κ1) is 22.1. The molecule has 0 heterocycles. The summed E-state index contributed by atoms with van der Waals surface area (Å²) >= 11 is 0. The minimum Gasteiger partial charge on any atom is -0.454 e. The van der Waals surface area contributed by atoms with Gasteiger partial charge in [0.1, 0.15) is 6.10 Å². The van der Waals surface area contributed by atoms with Crippen LogP contribution in [0.3, 0.4) is 0 Å². The first-order valence-corrected chi connectivity index (χ1v) is 8.42. The number of carbonyl (C=O) groups is 1. The molecule has 0 aliphatic heterocycles. The molecule has 0 saturated heterocycles. The highest BCUT2D eigenvalue weighted by molar-refractivity contribution is 5.81. The number of aliphatic hydroxyl groups excluding tert-OH is 3. The molecule has 0 saturated carbocycles. The zero-order chi connectivity index (χ0) is 17.7. The predicted octanol–water partition coefficient (Wildman–Crippen LogP) is 1.56. The molecule has 0 rings (SSSR count). The third-order valence-electron chi connectivity index (χ3n) is 3.68. The van der Waals surface area contributed by atoms with Crippen molar-refractivity contribution in [3.05, 3.63) is 12.7 Å². The summed E-state index contributed by atoms with van der Waals surface area (Å²) in [4.78, 5) is 11.4. The Morgan fingerprint density at radius 3 is 2.04 bits per heavy atom. The van der Waals surface area contributed by atoms with E-state index < -0.39 is 37.0 Å². The number of aliphatic hydroxyl groups is 3. The van der Waals surface area contributed by atoms with Gasteiger partial charge in [-0.05, 0) is 12.8 Å². The molecule has 6 heteroatoms. The van der Waals surface area contributed by atoms with Crippen LogP contribution in [0.25, 0.3) is 0 Å². The van der Waals surface area contributed by atoms with Crippen LogP contribution in [0.15, 0.2) is 12.7 Å². The van der Waals surface area contributed by atoms with Gasteiger partial charge in [-0.25, -0.2) is 4.79 Å². The van der Waals surface area contributed by atoms with Gasteiger partial charge in [0, 0.05) is 6.08 Å². The maximum Gasteiger partial charge on any atom is 0.330 e. The predicted molar refractivity (Wildman–Crippen MR) is 88.0 cm³/mol. The van der Waals surface area contributed by atoms with Gasteiger partial charge >= 0.3 is 5.97 Å². The van der Waals surface area contributed by atoms with E-state index in [9.17, 15) is 20.1 Å². The summed E-state index contributed by atoms with van der Waals surface area (Å²) in [7, 11) is 0. The van der Waals surface area contributed by atoms with Gasteiger partial charge in [0.15, 0.2) is 6.10 Å². The molecular weight excluding hydrogens is 300 g/mol. The van der Waals surface area contributed by atoms with Crippen molar-refractivity contribution < 1.29 is 29.6 Å². The van der Waals surface area contributed by atoms with E-state index in [-0.39, 0.29) is 6.61 Å². The van der Waals surface area contributed by atoms with Crippen LogP contribution in [-0.4, -0.2) is 58.9 Å². The third-order valence-corrected chi connectivity index (χ3v) is 3.68. The van der Waals surface area contributed by atoms with E-state index in [1.165, 1.54) is 0 Å². The molecule has 0 aromatic carbocycles. The van der Waals surface area contributed by atoms with E-state index in [2.05, 4.69) is 6.58 Å². The summed E-state index contributed by atoms with van der Waals surface area (Å²) in [6.07, 6.45) is 2.86. The second kappa shape index (κ2) is 13.5. The van der Waals surface area contributed by atoms with E-state index in [0.717, 1.165) is 31.8 Å². The average molecular weight is 332 g/mol. The minimum atomic E-state index is -1.000. The lowest BCUT2D eigenvalue weighted by molar-refractivity contribution is -0.169. The highest BCUT2D eigenvalue weighted by Crippen LogP contribution is 2.19. The van der Waals surface area contributed by atoms with Gasteiger partial charge in [0.25, 0.3) is 0 Å². The molecule has 23 heavy (non-hydrogen) atoms. The highest BCUT2D eigenvalue weighted by atomic mass is 16.6. The summed E-state index contributed by atoms with van der Waals surface area (Å²) in [5, 5.41) is 28.7. The lowest BCUT2D eigenvalue weighted by atomic mass is 10.0. The monoisotopic (exact) mass is 332 g/mol. The first-order chi connectivity index (χ1) is 11.0. The summed E-state index contributed by atoms with van der Waals surface area (Å²) in [5.41, 5.74) is 0. The standard InChI is InChI=1S/C17H32O6/c1-4-7-9-14(13(20)11-18)22-15(10-8-5-2)16(12-19)23-17(21)6-3/h6,13-16,18-20H,3-5,7-12H2,1-2H3. The Hall–Kier alpha value is -0.950. The van der Waals surface area contributed by atoms with E-state index in [4.69, 9.17) is 9.47 Å². The van der Waals surface area contributed by atoms with Gasteiger partial charge in [0.2, 0.25) is 0 Å². The summed E-state index contributed by atoms with van der Waals surface area (Å²) in [6.45, 7) is 6.63. The first-order valence-electron chi connectivity index (χ1n) is 8.42. The minimum absolute atomic E-state index is 0.371. The molecular formula is C17H32O6. The Morgan fingerprint density at radius 2 is 1.61 bits per heavy atom. The number of carbonyl (C=O) groups excluding carboxylic acids is 1. The van der Waals surface area contributed by atoms with Crippen molar-refractivity contribution in [3.8, 4) is 0 Å². The Morgan fingerprint density at radius 1 is 1.04 bits per heavy atom. The summed E-state index contributed by atoms with van der Waals surface area (Å²) in [6, 6.07) is 0. The Balaban J connectivity index is 4.99. The summed E-state index contributed by atoms with van der Waals surface area (Å²) < 4.78 is 11.1. The van der Waals surface area contributed by atoms with Crippen molar-refractivity contribution in [1.29, 1.82) is 0 Å². The van der Waals surface area contributed by atoms with Crippen molar-refractivity contribution in [1.82, 2.24) is 0 Å². The Bertz CT molecular complexity index is 320. The maximum atomic E-state index is 11.4. The molecule has 6 nitrogen and oxygen atoms in total. The number of ether oxygens (including phenoxy) is 2. The van der Waals surface area contributed by atoms with Crippen LogP contribution >= 0.6 is 0 Å². The van der Waals surface area contributed by atoms with E-state index in [0.29, 0.717) is 12.8 Å². The van der Waals surface area contributed by atoms with Crippen LogP contribution in [0.2, 0.25) is 0 Å². The van der Waals surface area contributed by atoms with E-state index in [1.807, 2.05) is 13.8 Å². The van der Waals surface area contributed by atoms with Gasteiger partial charge in [-0.1, -0.05) is 46.1 Å². The zero-order valence-electron chi connectivity index (χ0n) is 14.3. The molecule has 0 amide bonds. The van der Waals surface area contributed by atoms with Crippen molar-refractivity contribution >= 4 is 5.97 Å². The van der Waals surface area contributed by atoms with Crippen LogP contribution < -0.4 is 0 Å². The zero-order valence-corrected chi connectivity index (χ0v) is 14.3. The fourth-order valence-electron chi connectivity index (χ4n) is 2.27. The normalized spacial score (nSPS) is 16.4. The highest BCUT2D eigenvalue weighted by Gasteiger charge is 2.30. The number of unbranched alkanes of at least 4 members (excludes halogenated alkanes) is 2. The van der Waals surface area contributed by atoms with Crippen LogP contribution in [0.1, 0.15) is 52.4 Å². The fourth-order valence-corrected chi connectivity index (χ4v) is 2.27. The molecule has 3 N–H and O–H groups in total. The average Bonchev–Trinajstić information content (AvgIpc) is 2.58. The largest absolute Gasteiger partial charge is 0.454 e. The maximum absolute atomic E-state index is 11.4. The Kier molecular flexibility index (Phi) is 12.9. The molecule has 0 aromatic heterocycles. The smallest absolute Gasteiger partial charge is 0.330 e. The number of hydrogen-bond acceptors (Lipinski definition) is 6. The van der Waals surface area contributed by atoms with Crippen LogP contribution in [0.5, 0.6) is 0 Å². The molecule has 4 unspecified atom stereocenters. The van der Waals surface area contributed by atoms with E-state index >= 15 is 0 Å². The molecule has 0 spiro atoms. The fraction of sp³-hybridized carbons (Fsp3) is 0.824. The molecule has 0 aliphatic rings. The van der Waals surface area contributed by atoms with Gasteiger partial charge in [-0.2, -0.15) is 0 Å². The third kappa shape index (κ3) is 9.05. The molecule has 0 fully saturated rings. The van der Waals surface area contributed by atoms with Crippen molar-refractivity contribution in [2.45, 2.75) is 76.8 Å². The second-order valence-electron chi connectivity index (χ2n) is 5.61. The van der Waals surface area contributed by atoms with Gasteiger partial charge < -0.3 is 24.8 Å². The molecule has 0 aliphatic carbocycles. The van der Waals surface area contributed by atoms with Gasteiger partial charge in [-0.3, -0.25) is 0 Å². The Labute approximate surface area is 139 Å². The molecule has 0 aromatic rings. The molecule has 0 bridgehead atoms. The lowest BCUT2D eigenvalue weighted by Gasteiger charge is -2.31. The van der Waals surface area contributed by atoms with Crippen molar-refractivity contribution in [2.75, 3.05) is 13.2 Å². The van der Waals surface area contributed by atoms with Crippen LogP contribution in [0.4, 0.5) is 0 Å². The summed E-state index contributed by atoms with van der Waals surface area (Å²) in [5.74, 6) is -0.623.